The van der Waals surface area contributed by atoms with Gasteiger partial charge in [-0.1, -0.05) is 15.9 Å². The van der Waals surface area contributed by atoms with E-state index in [1.165, 1.54) is 0 Å². The quantitative estimate of drug-likeness (QED) is 0.686. The van der Waals surface area contributed by atoms with Gasteiger partial charge in [-0.3, -0.25) is 0 Å². The first-order valence-electron chi connectivity index (χ1n) is 2.76. The van der Waals surface area contributed by atoms with Crippen LogP contribution in [0.5, 0.6) is 0 Å². The maximum atomic E-state index is 12.4. The zero-order chi connectivity index (χ0) is 8.43. The Morgan fingerprint density at radius 3 is 2.45 bits per heavy atom. The molecule has 0 nitrogen and oxygen atoms in total. The second-order valence-electron chi connectivity index (χ2n) is 1.91. The van der Waals surface area contributed by atoms with Crippen molar-refractivity contribution in [2.24, 2.45) is 0 Å². The second kappa shape index (κ2) is 3.26. The molecule has 0 fully saturated rings. The van der Waals surface area contributed by atoms with Crippen LogP contribution < -0.4 is 0 Å². The fourth-order valence-electron chi connectivity index (χ4n) is 0.647. The molecule has 0 aliphatic carbocycles. The Kier molecular flexibility index (Phi) is 2.54. The maximum absolute atomic E-state index is 12.4. The van der Waals surface area contributed by atoms with E-state index in [4.69, 9.17) is 0 Å². The van der Waals surface area contributed by atoms with Crippen LogP contribution in [-0.4, -0.2) is 0 Å². The summed E-state index contributed by atoms with van der Waals surface area (Å²) in [7, 11) is 0. The van der Waals surface area contributed by atoms with Crippen LogP contribution in [0.1, 0.15) is 12.0 Å². The Hall–Kier alpha value is -0.510. The molecule has 1 radical (unpaired) electrons. The first-order chi connectivity index (χ1) is 5.09. The zero-order valence-electron chi connectivity index (χ0n) is 5.24. The van der Waals surface area contributed by atoms with E-state index in [0.717, 1.165) is 12.1 Å². The van der Waals surface area contributed by atoms with Crippen molar-refractivity contribution < 1.29 is 13.2 Å². The first-order valence-corrected chi connectivity index (χ1v) is 3.55. The molecule has 0 amide bonds. The third-order valence-electron chi connectivity index (χ3n) is 1.08. The molecule has 0 aliphatic heterocycles. The molecule has 0 aliphatic rings. The summed E-state index contributed by atoms with van der Waals surface area (Å²) in [6, 6.07) is 4.07. The highest BCUT2D eigenvalue weighted by atomic mass is 79.9. The van der Waals surface area contributed by atoms with Crippen molar-refractivity contribution in [2.75, 3.05) is 0 Å². The topological polar surface area (TPSA) is 0 Å². The average Bonchev–Trinajstić information content (AvgIpc) is 1.85. The highest BCUT2D eigenvalue weighted by Crippen LogP contribution is 2.22. The third-order valence-corrected chi connectivity index (χ3v) is 1.50. The molecule has 0 saturated heterocycles. The van der Waals surface area contributed by atoms with Crippen molar-refractivity contribution in [3.05, 3.63) is 34.1 Å². The molecule has 0 N–H and O–H groups in total. The normalized spacial score (nSPS) is 10.6. The lowest BCUT2D eigenvalue weighted by molar-refractivity contribution is 0.151. The Bertz CT molecular complexity index is 240. The van der Waals surface area contributed by atoms with E-state index in [-0.39, 0.29) is 10.0 Å². The predicted molar refractivity (Wildman–Crippen MR) is 37.9 cm³/mol. The Balaban J connectivity index is 3.08. The zero-order valence-corrected chi connectivity index (χ0v) is 6.83. The standard InChI is InChI=1S/C7H3BrF3/c8-5-1-4(7(10)11)2-6(9)3-5/h1-2,7H. The molecule has 0 heterocycles. The lowest BCUT2D eigenvalue weighted by Gasteiger charge is -1.98. The van der Waals surface area contributed by atoms with Gasteiger partial charge in [-0.15, -0.1) is 0 Å². The first kappa shape index (κ1) is 8.59. The Morgan fingerprint density at radius 1 is 1.36 bits per heavy atom. The Labute approximate surface area is 70.2 Å². The van der Waals surface area contributed by atoms with Gasteiger partial charge in [0.25, 0.3) is 6.43 Å². The van der Waals surface area contributed by atoms with Crippen molar-refractivity contribution >= 4 is 15.9 Å². The minimum Gasteiger partial charge on any atom is -0.206 e. The summed E-state index contributed by atoms with van der Waals surface area (Å²) in [5.41, 5.74) is -0.340. The van der Waals surface area contributed by atoms with Crippen molar-refractivity contribution in [1.29, 1.82) is 0 Å². The van der Waals surface area contributed by atoms with Crippen molar-refractivity contribution in [3.63, 3.8) is 0 Å². The van der Waals surface area contributed by atoms with Gasteiger partial charge in [0.05, 0.1) is 0 Å². The molecule has 0 saturated carbocycles. The fraction of sp³-hybridized carbons (Fsp3) is 0.143. The number of benzene rings is 1. The van der Waals surface area contributed by atoms with Gasteiger partial charge in [-0.25, -0.2) is 13.2 Å². The van der Waals surface area contributed by atoms with E-state index < -0.39 is 12.2 Å². The van der Waals surface area contributed by atoms with Crippen LogP contribution in [0.25, 0.3) is 0 Å². The minimum absolute atomic E-state index is 0.202. The van der Waals surface area contributed by atoms with Gasteiger partial charge in [-0.05, 0) is 12.1 Å². The molecule has 0 bridgehead atoms. The number of hydrogen-bond donors (Lipinski definition) is 0. The Morgan fingerprint density at radius 2 is 2.00 bits per heavy atom. The average molecular weight is 224 g/mol. The smallest absolute Gasteiger partial charge is 0.206 e. The second-order valence-corrected chi connectivity index (χ2v) is 2.76. The molecule has 0 spiro atoms. The highest BCUT2D eigenvalue weighted by Gasteiger charge is 2.08. The predicted octanol–water partition coefficient (Wildman–Crippen LogP) is 3.33. The van der Waals surface area contributed by atoms with Crippen molar-refractivity contribution in [3.8, 4) is 0 Å². The summed E-state index contributed by atoms with van der Waals surface area (Å²) in [6.07, 6.45) is -2.64. The molecule has 0 unspecified atom stereocenters. The van der Waals surface area contributed by atoms with E-state index in [1.807, 2.05) is 0 Å². The maximum Gasteiger partial charge on any atom is 0.263 e. The fourth-order valence-corrected chi connectivity index (χ4v) is 1.10. The number of halogens is 4. The van der Waals surface area contributed by atoms with Crippen LogP contribution in [0.15, 0.2) is 16.6 Å². The number of hydrogen-bond acceptors (Lipinski definition) is 0. The van der Waals surface area contributed by atoms with E-state index in [1.54, 1.807) is 0 Å². The molecule has 4 heteroatoms. The summed E-state index contributed by atoms with van der Waals surface area (Å²) in [4.78, 5) is 0. The lowest BCUT2D eigenvalue weighted by Crippen LogP contribution is -1.86. The summed E-state index contributed by atoms with van der Waals surface area (Å²) in [6.45, 7) is 0. The molecule has 0 atom stereocenters. The SMILES string of the molecule is Fc1[c]c(Br)cc(C(F)F)c1. The molecule has 1 rings (SSSR count). The third kappa shape index (κ3) is 2.22. The molecular weight excluding hydrogens is 221 g/mol. The molecule has 1 aromatic rings. The highest BCUT2D eigenvalue weighted by molar-refractivity contribution is 9.10. The minimum atomic E-state index is -2.64. The van der Waals surface area contributed by atoms with Crippen LogP contribution in [-0.2, 0) is 0 Å². The van der Waals surface area contributed by atoms with Gasteiger partial charge in [0.2, 0.25) is 0 Å². The number of alkyl halides is 2. The number of rotatable bonds is 1. The van der Waals surface area contributed by atoms with Crippen LogP contribution in [0.3, 0.4) is 0 Å². The summed E-state index contributed by atoms with van der Waals surface area (Å²) < 4.78 is 36.4. The van der Waals surface area contributed by atoms with Crippen LogP contribution >= 0.6 is 15.9 Å². The molecular formula is C7H3BrF3. The largest absolute Gasteiger partial charge is 0.263 e. The van der Waals surface area contributed by atoms with E-state index >= 15 is 0 Å². The van der Waals surface area contributed by atoms with E-state index in [9.17, 15) is 13.2 Å². The molecule has 1 aromatic carbocycles. The summed E-state index contributed by atoms with van der Waals surface area (Å²) in [5, 5.41) is 0. The van der Waals surface area contributed by atoms with Crippen LogP contribution in [0.2, 0.25) is 0 Å². The van der Waals surface area contributed by atoms with Crippen molar-refractivity contribution in [2.45, 2.75) is 6.43 Å². The van der Waals surface area contributed by atoms with Crippen LogP contribution in [0.4, 0.5) is 13.2 Å². The van der Waals surface area contributed by atoms with Gasteiger partial charge in [0.1, 0.15) is 5.82 Å². The van der Waals surface area contributed by atoms with Crippen molar-refractivity contribution in [1.82, 2.24) is 0 Å². The van der Waals surface area contributed by atoms with Gasteiger partial charge < -0.3 is 0 Å². The van der Waals surface area contributed by atoms with Gasteiger partial charge in [-0.2, -0.15) is 0 Å². The molecule has 59 valence electrons. The van der Waals surface area contributed by atoms with Gasteiger partial charge in [0, 0.05) is 16.1 Å². The van der Waals surface area contributed by atoms with Crippen LogP contribution in [0, 0.1) is 11.9 Å². The van der Waals surface area contributed by atoms with E-state index in [0.29, 0.717) is 0 Å². The summed E-state index contributed by atoms with van der Waals surface area (Å²) >= 11 is 2.85. The monoisotopic (exact) mass is 223 g/mol. The van der Waals surface area contributed by atoms with Gasteiger partial charge >= 0.3 is 0 Å². The molecule has 0 aromatic heterocycles. The summed E-state index contributed by atoms with van der Waals surface area (Å²) in [5.74, 6) is -0.783. The molecule has 11 heavy (non-hydrogen) atoms. The van der Waals surface area contributed by atoms with Gasteiger partial charge in [0.15, 0.2) is 0 Å². The van der Waals surface area contributed by atoms with E-state index in [2.05, 4.69) is 22.0 Å². The lowest BCUT2D eigenvalue weighted by atomic mass is 10.2.